The molecule has 4 aliphatic rings. The fourth-order valence-electron chi connectivity index (χ4n) is 18.7. The van der Waals surface area contributed by atoms with Gasteiger partial charge in [-0.05, 0) is 171 Å². The Kier molecular flexibility index (Phi) is 14.8. The van der Waals surface area contributed by atoms with Crippen molar-refractivity contribution in [1.29, 1.82) is 0 Å². The molecule has 0 amide bonds. The Morgan fingerprint density at radius 1 is 0.214 bits per heavy atom. The lowest BCUT2D eigenvalue weighted by Gasteiger charge is -2.48. The Morgan fingerprint density at radius 2 is 0.571 bits per heavy atom. The summed E-state index contributed by atoms with van der Waals surface area (Å²) in [6.07, 6.45) is 0. The first kappa shape index (κ1) is 64.1. The van der Waals surface area contributed by atoms with Crippen molar-refractivity contribution in [1.82, 2.24) is 0 Å². The van der Waals surface area contributed by atoms with Crippen LogP contribution in [0.15, 0.2) is 400 Å². The number of thiophene rings is 2. The summed E-state index contributed by atoms with van der Waals surface area (Å²) in [5.74, 6) is 0. The van der Waals surface area contributed by atoms with Crippen LogP contribution in [0.2, 0.25) is 0 Å². The highest BCUT2D eigenvalue weighted by Crippen LogP contribution is 2.56. The van der Waals surface area contributed by atoms with Crippen LogP contribution in [-0.4, -0.2) is 13.4 Å². The SMILES string of the molecule is c1ccc(-c2ccccc2N2c3cc4c(cc3B3c5ccccc5N(c5ccccc5)c5cc(N(c6ccccc6)c6ccccc6)cc2c53)B2c3ccccc3N(c3cccc5c3sc3ccccc35)c3cc(N(c5ccccc5)c5cccc6c5sc5ccccc56)cc(c32)N4c2ccccc2-c2ccccc2)cc1. The van der Waals surface area contributed by atoms with Gasteiger partial charge in [-0.2, -0.15) is 0 Å². The summed E-state index contributed by atoms with van der Waals surface area (Å²) in [7, 11) is 0. The third-order valence-corrected chi connectivity index (χ3v) is 25.7. The summed E-state index contributed by atoms with van der Waals surface area (Å²) in [5, 5.41) is 5.01. The number of nitrogens with zero attached hydrogens (tertiary/aromatic N) is 6. The fourth-order valence-corrected chi connectivity index (χ4v) is 21.1. The molecule has 522 valence electrons. The first-order valence-electron chi connectivity index (χ1n) is 38.5. The summed E-state index contributed by atoms with van der Waals surface area (Å²) in [6.45, 7) is -0.522. The van der Waals surface area contributed by atoms with Gasteiger partial charge in [-0.1, -0.05) is 273 Å². The minimum atomic E-state index is -0.275. The molecule has 0 saturated carbocycles. The molecular formula is C102H66B2N6S2. The number of para-hydroxylation sites is 8. The molecule has 0 N–H and O–H groups in total. The molecule has 112 heavy (non-hydrogen) atoms. The Labute approximate surface area is 658 Å². The van der Waals surface area contributed by atoms with Crippen molar-refractivity contribution in [3.63, 3.8) is 0 Å². The molecule has 0 spiro atoms. The summed E-state index contributed by atoms with van der Waals surface area (Å²) in [5.41, 5.74) is 31.6. The van der Waals surface area contributed by atoms with Crippen LogP contribution in [0.4, 0.5) is 102 Å². The van der Waals surface area contributed by atoms with Crippen LogP contribution in [0, 0.1) is 0 Å². The molecule has 0 bridgehead atoms. The van der Waals surface area contributed by atoms with Crippen LogP contribution in [0.1, 0.15) is 0 Å². The van der Waals surface area contributed by atoms with Crippen LogP contribution in [0.3, 0.4) is 0 Å². The van der Waals surface area contributed by atoms with Crippen LogP contribution in [0.25, 0.3) is 62.6 Å². The molecule has 0 aliphatic carbocycles. The van der Waals surface area contributed by atoms with Gasteiger partial charge < -0.3 is 29.4 Å². The largest absolute Gasteiger partial charge is 0.311 e. The Hall–Kier alpha value is -13.9. The van der Waals surface area contributed by atoms with E-state index < -0.39 is 0 Å². The molecular weight excluding hydrogens is 1390 g/mol. The van der Waals surface area contributed by atoms with Gasteiger partial charge in [-0.3, -0.25) is 0 Å². The Balaban J connectivity index is 0.879. The minimum Gasteiger partial charge on any atom is -0.311 e. The number of rotatable bonds is 12. The minimum absolute atomic E-state index is 0.247. The number of hydrogen-bond donors (Lipinski definition) is 0. The van der Waals surface area contributed by atoms with Crippen molar-refractivity contribution in [2.24, 2.45) is 0 Å². The van der Waals surface area contributed by atoms with E-state index in [1.54, 1.807) is 0 Å². The summed E-state index contributed by atoms with van der Waals surface area (Å²) >= 11 is 3.76. The van der Waals surface area contributed by atoms with Gasteiger partial charge in [0.15, 0.2) is 0 Å². The third-order valence-electron chi connectivity index (χ3n) is 23.3. The molecule has 10 heteroatoms. The van der Waals surface area contributed by atoms with Crippen molar-refractivity contribution in [3.05, 3.63) is 400 Å². The molecule has 6 nitrogen and oxygen atoms in total. The summed E-state index contributed by atoms with van der Waals surface area (Å²) in [6, 6.07) is 150. The second kappa shape index (κ2) is 25.9. The molecule has 19 aromatic rings. The number of benzene rings is 17. The second-order valence-electron chi connectivity index (χ2n) is 29.4. The highest BCUT2D eigenvalue weighted by molar-refractivity contribution is 7.27. The lowest BCUT2D eigenvalue weighted by molar-refractivity contribution is 1.22. The zero-order valence-electron chi connectivity index (χ0n) is 60.8. The highest BCUT2D eigenvalue weighted by Gasteiger charge is 2.50. The molecule has 0 radical (unpaired) electrons. The first-order chi connectivity index (χ1) is 55.6. The maximum absolute atomic E-state index is 2.68. The topological polar surface area (TPSA) is 19.4 Å². The van der Waals surface area contributed by atoms with Gasteiger partial charge >= 0.3 is 0 Å². The zero-order chi connectivity index (χ0) is 73.5. The van der Waals surface area contributed by atoms with Crippen molar-refractivity contribution in [3.8, 4) is 22.3 Å². The van der Waals surface area contributed by atoms with E-state index in [4.69, 9.17) is 0 Å². The second-order valence-corrected chi connectivity index (χ2v) is 31.5. The van der Waals surface area contributed by atoms with E-state index in [0.717, 1.165) is 125 Å². The van der Waals surface area contributed by atoms with E-state index >= 15 is 0 Å². The van der Waals surface area contributed by atoms with Crippen molar-refractivity contribution < 1.29 is 0 Å². The average Bonchev–Trinajstić information content (AvgIpc) is 0.783. The molecule has 2 aromatic heterocycles. The maximum atomic E-state index is 2.68. The predicted octanol–water partition coefficient (Wildman–Crippen LogP) is 24.9. The lowest BCUT2D eigenvalue weighted by Crippen LogP contribution is -2.65. The van der Waals surface area contributed by atoms with Gasteiger partial charge in [-0.15, -0.1) is 22.7 Å². The molecule has 4 aliphatic heterocycles. The summed E-state index contributed by atoms with van der Waals surface area (Å²) < 4.78 is 4.99. The van der Waals surface area contributed by atoms with Gasteiger partial charge in [0.1, 0.15) is 0 Å². The van der Waals surface area contributed by atoms with Crippen LogP contribution in [0.5, 0.6) is 0 Å². The number of anilines is 18. The molecule has 17 aromatic carbocycles. The normalized spacial score (nSPS) is 12.9. The van der Waals surface area contributed by atoms with Crippen LogP contribution in [-0.2, 0) is 0 Å². The standard InChI is InChI=1S/C102H66B2N6S2/c1-7-33-67(34-8-1)75-45-19-25-53-85(75)108-91-66-92-84(65-83(91)103-81-51-23-27-55-87(81)107(72-43-17-6-18-44-72)93-61-73(62-94(108)99(93)103)105(69-37-11-3-12-38-69)70-39-13-4-14-40-70)104-82-52-24-28-56-88(82)110(90-58-32-50-80-78-48-22-30-60-98(78)112-102(80)90)96-64-74(63-95(100(96)104)109(92)86-54-26-20-46-76(86)68-35-9-2-10-36-68)106(71-41-15-5-16-42-71)89-57-31-49-79-77-47-21-29-59-97(77)111-101(79)89/h1-66H. The van der Waals surface area contributed by atoms with Gasteiger partial charge in [0.25, 0.3) is 13.4 Å². The van der Waals surface area contributed by atoms with E-state index in [2.05, 4.69) is 430 Å². The molecule has 0 saturated heterocycles. The smallest absolute Gasteiger partial charge is 0.252 e. The number of fused-ring (bicyclic) bond motifs is 14. The maximum Gasteiger partial charge on any atom is 0.252 e. The van der Waals surface area contributed by atoms with E-state index in [1.807, 2.05) is 22.7 Å². The van der Waals surface area contributed by atoms with Crippen molar-refractivity contribution in [2.45, 2.75) is 0 Å². The monoisotopic (exact) mass is 1460 g/mol. The Bertz CT molecular complexity index is 6920. The lowest BCUT2D eigenvalue weighted by atomic mass is 9.30. The zero-order valence-corrected chi connectivity index (χ0v) is 62.4. The fraction of sp³-hybridized carbons (Fsp3) is 0. The molecule has 0 fully saturated rings. The molecule has 0 unspecified atom stereocenters. The highest BCUT2D eigenvalue weighted by atomic mass is 32.1. The van der Waals surface area contributed by atoms with Gasteiger partial charge in [0.2, 0.25) is 0 Å². The van der Waals surface area contributed by atoms with Crippen molar-refractivity contribution >= 4 is 212 Å². The van der Waals surface area contributed by atoms with E-state index in [1.165, 1.54) is 73.1 Å². The molecule has 6 heterocycles. The van der Waals surface area contributed by atoms with Crippen LogP contribution >= 0.6 is 22.7 Å². The van der Waals surface area contributed by atoms with E-state index in [9.17, 15) is 0 Å². The van der Waals surface area contributed by atoms with Gasteiger partial charge in [0.05, 0.1) is 43.5 Å². The van der Waals surface area contributed by atoms with E-state index in [-0.39, 0.29) is 13.4 Å². The molecule has 23 rings (SSSR count). The van der Waals surface area contributed by atoms with Crippen LogP contribution < -0.4 is 62.2 Å². The average molecular weight is 1460 g/mol. The number of hydrogen-bond acceptors (Lipinski definition) is 8. The Morgan fingerprint density at radius 3 is 1.09 bits per heavy atom. The summed E-state index contributed by atoms with van der Waals surface area (Å²) in [4.78, 5) is 15.5. The quantitative estimate of drug-likeness (QED) is 0.113. The van der Waals surface area contributed by atoms with Gasteiger partial charge in [0, 0.05) is 110 Å². The first-order valence-corrected chi connectivity index (χ1v) is 40.1. The van der Waals surface area contributed by atoms with Crippen molar-refractivity contribution in [2.75, 3.05) is 29.4 Å². The predicted molar refractivity (Wildman–Crippen MR) is 481 cm³/mol. The third kappa shape index (κ3) is 9.92. The van der Waals surface area contributed by atoms with E-state index in [0.29, 0.717) is 0 Å². The molecule has 0 atom stereocenters. The van der Waals surface area contributed by atoms with Gasteiger partial charge in [-0.25, -0.2) is 0 Å².